The third-order valence-electron chi connectivity index (χ3n) is 1.07. The highest BCUT2D eigenvalue weighted by atomic mass is 28.2. The van der Waals surface area contributed by atoms with Crippen LogP contribution in [0.1, 0.15) is 6.42 Å². The van der Waals surface area contributed by atoms with Crippen molar-refractivity contribution in [3.8, 4) is 0 Å². The summed E-state index contributed by atoms with van der Waals surface area (Å²) in [5.74, 6) is 0. The van der Waals surface area contributed by atoms with E-state index in [1.165, 1.54) is 0 Å². The van der Waals surface area contributed by atoms with Crippen LogP contribution in [-0.4, -0.2) is 29.4 Å². The summed E-state index contributed by atoms with van der Waals surface area (Å²) in [6.45, 7) is 2.53. The van der Waals surface area contributed by atoms with Crippen LogP contribution < -0.4 is 11.1 Å². The second-order valence-corrected chi connectivity index (χ2v) is 3.07. The van der Waals surface area contributed by atoms with Crippen molar-refractivity contribution < 1.29 is 4.80 Å². The van der Waals surface area contributed by atoms with Gasteiger partial charge in [-0.1, -0.05) is 0 Å². The second kappa shape index (κ2) is 8.10. The standard InChI is InChI=1S/C5H15N2OSi/c6-2-4-7-3-1-5-9-8/h7H,1-6,9H2. The van der Waals surface area contributed by atoms with E-state index in [9.17, 15) is 4.80 Å². The first-order chi connectivity index (χ1) is 4.41. The van der Waals surface area contributed by atoms with E-state index in [4.69, 9.17) is 5.73 Å². The van der Waals surface area contributed by atoms with Gasteiger partial charge in [0.2, 0.25) is 9.76 Å². The number of rotatable bonds is 6. The molecule has 0 fully saturated rings. The van der Waals surface area contributed by atoms with E-state index in [0.29, 0.717) is 6.54 Å². The Kier molecular flexibility index (Phi) is 8.18. The zero-order valence-electron chi connectivity index (χ0n) is 5.73. The monoisotopic (exact) mass is 147 g/mol. The first-order valence-electron chi connectivity index (χ1n) is 3.40. The van der Waals surface area contributed by atoms with Crippen LogP contribution in [0.25, 0.3) is 0 Å². The maximum atomic E-state index is 10.0. The van der Waals surface area contributed by atoms with Gasteiger partial charge in [-0.15, -0.1) is 0 Å². The van der Waals surface area contributed by atoms with Crippen LogP contribution in [0.4, 0.5) is 0 Å². The van der Waals surface area contributed by atoms with Crippen molar-refractivity contribution in [2.24, 2.45) is 5.73 Å². The minimum atomic E-state index is -0.942. The molecule has 0 bridgehead atoms. The van der Waals surface area contributed by atoms with Crippen molar-refractivity contribution in [2.45, 2.75) is 12.5 Å². The summed E-state index contributed by atoms with van der Waals surface area (Å²) in [6.07, 6.45) is 1.04. The normalized spacial score (nSPS) is 11.3. The molecule has 0 aromatic heterocycles. The van der Waals surface area contributed by atoms with Gasteiger partial charge in [0, 0.05) is 13.1 Å². The number of nitrogens with two attached hydrogens (primary N) is 1. The number of nitrogens with one attached hydrogen (secondary N) is 1. The molecule has 0 aliphatic carbocycles. The lowest BCUT2D eigenvalue weighted by atomic mass is 10.5. The van der Waals surface area contributed by atoms with E-state index in [1.54, 1.807) is 0 Å². The van der Waals surface area contributed by atoms with Gasteiger partial charge in [0.15, 0.2) is 0 Å². The molecule has 0 atom stereocenters. The van der Waals surface area contributed by atoms with E-state index in [2.05, 4.69) is 5.32 Å². The maximum Gasteiger partial charge on any atom is 0.207 e. The summed E-state index contributed by atoms with van der Waals surface area (Å²) in [7, 11) is -0.942. The molecule has 0 aliphatic rings. The smallest absolute Gasteiger partial charge is 0.207 e. The van der Waals surface area contributed by atoms with Gasteiger partial charge in [-0.05, 0) is 19.0 Å². The van der Waals surface area contributed by atoms with E-state index in [0.717, 1.165) is 25.6 Å². The Morgan fingerprint density at radius 3 is 2.78 bits per heavy atom. The Hall–Kier alpha value is 0.0969. The number of hydrogen-bond acceptors (Lipinski definition) is 2. The molecule has 9 heavy (non-hydrogen) atoms. The fraction of sp³-hybridized carbons (Fsp3) is 1.00. The average molecular weight is 147 g/mol. The Labute approximate surface area is 58.6 Å². The molecule has 1 radical (unpaired) electrons. The van der Waals surface area contributed by atoms with Crippen LogP contribution in [0.3, 0.4) is 0 Å². The minimum absolute atomic E-state index is 0.689. The zero-order valence-corrected chi connectivity index (χ0v) is 7.14. The molecule has 3 N–H and O–H groups in total. The molecule has 0 heterocycles. The van der Waals surface area contributed by atoms with Gasteiger partial charge in [0.25, 0.3) is 0 Å². The predicted molar refractivity (Wildman–Crippen MR) is 40.6 cm³/mol. The van der Waals surface area contributed by atoms with E-state index in [1.807, 2.05) is 0 Å². The summed E-state index contributed by atoms with van der Waals surface area (Å²) < 4.78 is 0. The first-order valence-corrected chi connectivity index (χ1v) is 4.98. The van der Waals surface area contributed by atoms with Crippen LogP contribution in [0.5, 0.6) is 0 Å². The van der Waals surface area contributed by atoms with Gasteiger partial charge in [0.1, 0.15) is 0 Å². The zero-order chi connectivity index (χ0) is 6.95. The highest BCUT2D eigenvalue weighted by Gasteiger charge is 1.86. The van der Waals surface area contributed by atoms with Crippen LogP contribution in [0, 0.1) is 0 Å². The topological polar surface area (TPSA) is 57.9 Å². The van der Waals surface area contributed by atoms with Crippen molar-refractivity contribution in [3.63, 3.8) is 0 Å². The van der Waals surface area contributed by atoms with E-state index < -0.39 is 9.76 Å². The van der Waals surface area contributed by atoms with Crippen molar-refractivity contribution in [2.75, 3.05) is 19.6 Å². The molecule has 0 aromatic rings. The molecule has 0 aliphatic heterocycles. The van der Waals surface area contributed by atoms with Gasteiger partial charge in [-0.25, -0.2) is 0 Å². The number of hydrogen-bond donors (Lipinski definition) is 2. The minimum Gasteiger partial charge on any atom is -0.329 e. The lowest BCUT2D eigenvalue weighted by Crippen LogP contribution is -2.23. The average Bonchev–Trinajstić information content (AvgIpc) is 1.89. The van der Waals surface area contributed by atoms with Crippen molar-refractivity contribution in [1.82, 2.24) is 5.32 Å². The van der Waals surface area contributed by atoms with Gasteiger partial charge in [-0.2, -0.15) is 0 Å². The van der Waals surface area contributed by atoms with E-state index in [-0.39, 0.29) is 0 Å². The van der Waals surface area contributed by atoms with Crippen molar-refractivity contribution >= 4 is 9.76 Å². The highest BCUT2D eigenvalue weighted by molar-refractivity contribution is 6.24. The molecule has 0 amide bonds. The molecule has 0 aromatic carbocycles. The third-order valence-corrected chi connectivity index (χ3v) is 1.86. The fourth-order valence-electron chi connectivity index (χ4n) is 0.579. The first kappa shape index (κ1) is 9.10. The largest absolute Gasteiger partial charge is 0.329 e. The van der Waals surface area contributed by atoms with E-state index >= 15 is 0 Å². The molecule has 0 rings (SSSR count). The fourth-order valence-corrected chi connectivity index (χ4v) is 1.03. The lowest BCUT2D eigenvalue weighted by Gasteiger charge is -1.98. The van der Waals surface area contributed by atoms with Gasteiger partial charge >= 0.3 is 0 Å². The summed E-state index contributed by atoms with van der Waals surface area (Å²) in [5.41, 5.74) is 5.23. The molecule has 0 unspecified atom stereocenters. The van der Waals surface area contributed by atoms with Crippen LogP contribution in [0.15, 0.2) is 0 Å². The highest BCUT2D eigenvalue weighted by Crippen LogP contribution is 1.82. The Morgan fingerprint density at radius 1 is 1.44 bits per heavy atom. The summed E-state index contributed by atoms with van der Waals surface area (Å²) >= 11 is 0. The lowest BCUT2D eigenvalue weighted by molar-refractivity contribution is 0.469. The molecule has 55 valence electrons. The van der Waals surface area contributed by atoms with Crippen molar-refractivity contribution in [3.05, 3.63) is 0 Å². The van der Waals surface area contributed by atoms with Gasteiger partial charge in [-0.3, -0.25) is 0 Å². The van der Waals surface area contributed by atoms with Crippen molar-refractivity contribution in [1.29, 1.82) is 0 Å². The Balaban J connectivity index is 2.60. The molecule has 0 spiro atoms. The molecule has 3 nitrogen and oxygen atoms in total. The molecular formula is C5H15N2OSi. The molecular weight excluding hydrogens is 132 g/mol. The maximum absolute atomic E-state index is 10.0. The molecule has 0 saturated heterocycles. The molecule has 0 saturated carbocycles. The van der Waals surface area contributed by atoms with Crippen LogP contribution in [-0.2, 0) is 4.80 Å². The quantitative estimate of drug-likeness (QED) is 0.368. The third kappa shape index (κ3) is 8.10. The second-order valence-electron chi connectivity index (χ2n) is 1.95. The van der Waals surface area contributed by atoms with Gasteiger partial charge in [0.05, 0.1) is 0 Å². The predicted octanol–water partition coefficient (Wildman–Crippen LogP) is -1.14. The van der Waals surface area contributed by atoms with Gasteiger partial charge < -0.3 is 15.8 Å². The van der Waals surface area contributed by atoms with Crippen LogP contribution in [0.2, 0.25) is 6.04 Å². The summed E-state index contributed by atoms with van der Waals surface area (Å²) in [4.78, 5) is 10.0. The molecule has 4 heteroatoms. The summed E-state index contributed by atoms with van der Waals surface area (Å²) in [6, 6.07) is 0.914. The Bertz CT molecular complexity index is 48.2. The summed E-state index contributed by atoms with van der Waals surface area (Å²) in [5, 5.41) is 3.13. The Morgan fingerprint density at radius 2 is 2.22 bits per heavy atom. The van der Waals surface area contributed by atoms with Crippen LogP contribution >= 0.6 is 0 Å². The SMILES string of the molecule is NCCNCCC[SiH2][O].